The Kier molecular flexibility index (Phi) is 4.05. The van der Waals surface area contributed by atoms with Crippen molar-refractivity contribution in [3.8, 4) is 0 Å². The largest absolute Gasteiger partial charge is 0.280 e. The van der Waals surface area contributed by atoms with Gasteiger partial charge in [0.2, 0.25) is 10.0 Å². The number of aryl methyl sites for hydroxylation is 1. The summed E-state index contributed by atoms with van der Waals surface area (Å²) in [5.74, 6) is 0. The molecule has 2 aromatic rings. The number of nitrogens with one attached hydrogen (secondary N) is 1. The minimum absolute atomic E-state index is 0.200. The molecule has 8 heteroatoms. The Labute approximate surface area is 142 Å². The third-order valence-electron chi connectivity index (χ3n) is 3.97. The molecule has 24 heavy (non-hydrogen) atoms. The molecule has 1 aliphatic rings. The maximum Gasteiger partial charge on any atom is 0.262 e. The highest BCUT2D eigenvalue weighted by atomic mass is 32.2. The third kappa shape index (κ3) is 3.11. The predicted octanol–water partition coefficient (Wildman–Crippen LogP) is 2.12. The molecule has 0 fully saturated rings. The van der Waals surface area contributed by atoms with Gasteiger partial charge in [0.05, 0.1) is 22.5 Å². The van der Waals surface area contributed by atoms with Gasteiger partial charge in [-0.05, 0) is 42.7 Å². The standard InChI is InChI=1S/C16H18N2O4S2/c1-12-5-3-4-6-16(12)24(21,22)17-14-8-7-13-9-10-18(15(13)11-14)23(2,19)20/h3-8,11,17H,9-10H2,1-2H3. The van der Waals surface area contributed by atoms with Gasteiger partial charge in [0.15, 0.2) is 0 Å². The van der Waals surface area contributed by atoms with Crippen LogP contribution in [-0.4, -0.2) is 29.6 Å². The predicted molar refractivity (Wildman–Crippen MR) is 94.3 cm³/mol. The van der Waals surface area contributed by atoms with Gasteiger partial charge in [0.25, 0.3) is 10.0 Å². The maximum atomic E-state index is 12.6. The molecule has 0 unspecified atom stereocenters. The van der Waals surface area contributed by atoms with Gasteiger partial charge in [-0.2, -0.15) is 0 Å². The van der Waals surface area contributed by atoms with E-state index in [-0.39, 0.29) is 4.90 Å². The summed E-state index contributed by atoms with van der Waals surface area (Å²) >= 11 is 0. The van der Waals surface area contributed by atoms with E-state index < -0.39 is 20.0 Å². The molecule has 1 aliphatic heterocycles. The number of hydrogen-bond donors (Lipinski definition) is 1. The lowest BCUT2D eigenvalue weighted by molar-refractivity contribution is 0.597. The van der Waals surface area contributed by atoms with Crippen molar-refractivity contribution >= 4 is 31.4 Å². The molecule has 2 aromatic carbocycles. The second kappa shape index (κ2) is 5.78. The van der Waals surface area contributed by atoms with Crippen molar-refractivity contribution in [3.05, 3.63) is 53.6 Å². The van der Waals surface area contributed by atoms with Crippen molar-refractivity contribution in [2.45, 2.75) is 18.2 Å². The topological polar surface area (TPSA) is 83.6 Å². The van der Waals surface area contributed by atoms with E-state index in [4.69, 9.17) is 0 Å². The fourth-order valence-electron chi connectivity index (χ4n) is 2.83. The lowest BCUT2D eigenvalue weighted by Crippen LogP contribution is -2.27. The van der Waals surface area contributed by atoms with Crippen LogP contribution in [0.3, 0.4) is 0 Å². The zero-order valence-corrected chi connectivity index (χ0v) is 15.0. The number of benzene rings is 2. The first-order chi connectivity index (χ1) is 11.2. The molecule has 6 nitrogen and oxygen atoms in total. The van der Waals surface area contributed by atoms with Crippen LogP contribution < -0.4 is 9.03 Å². The molecule has 128 valence electrons. The Balaban J connectivity index is 1.97. The molecule has 0 aromatic heterocycles. The smallest absolute Gasteiger partial charge is 0.262 e. The van der Waals surface area contributed by atoms with Crippen molar-refractivity contribution in [1.82, 2.24) is 0 Å². The first kappa shape index (κ1) is 16.8. The summed E-state index contributed by atoms with van der Waals surface area (Å²) < 4.78 is 52.6. The minimum atomic E-state index is -3.73. The number of hydrogen-bond acceptors (Lipinski definition) is 4. The highest BCUT2D eigenvalue weighted by molar-refractivity contribution is 7.93. The van der Waals surface area contributed by atoms with Crippen LogP contribution in [0.4, 0.5) is 11.4 Å². The second-order valence-electron chi connectivity index (χ2n) is 5.80. The number of rotatable bonds is 4. The fourth-order valence-corrected chi connectivity index (χ4v) is 5.07. The molecular formula is C16H18N2O4S2. The lowest BCUT2D eigenvalue weighted by atomic mass is 10.1. The molecule has 1 N–H and O–H groups in total. The van der Waals surface area contributed by atoms with E-state index in [1.807, 2.05) is 0 Å². The molecule has 0 saturated carbocycles. The monoisotopic (exact) mass is 366 g/mol. The highest BCUT2D eigenvalue weighted by Gasteiger charge is 2.27. The summed E-state index contributed by atoms with van der Waals surface area (Å²) in [6.45, 7) is 2.10. The Hall–Kier alpha value is -2.06. The Morgan fingerprint density at radius 3 is 2.42 bits per heavy atom. The van der Waals surface area contributed by atoms with Crippen LogP contribution in [-0.2, 0) is 26.5 Å². The number of nitrogens with zero attached hydrogens (tertiary/aromatic N) is 1. The van der Waals surface area contributed by atoms with Crippen molar-refractivity contribution in [2.75, 3.05) is 21.8 Å². The number of sulfonamides is 2. The molecule has 0 amide bonds. The molecule has 0 bridgehead atoms. The van der Waals surface area contributed by atoms with Gasteiger partial charge < -0.3 is 0 Å². The first-order valence-electron chi connectivity index (χ1n) is 7.37. The Morgan fingerprint density at radius 2 is 1.75 bits per heavy atom. The number of anilines is 2. The van der Waals surface area contributed by atoms with Crippen LogP contribution in [0, 0.1) is 6.92 Å². The summed E-state index contributed by atoms with van der Waals surface area (Å²) in [4.78, 5) is 0.200. The molecule has 0 radical (unpaired) electrons. The lowest BCUT2D eigenvalue weighted by Gasteiger charge is -2.17. The Morgan fingerprint density at radius 1 is 1.04 bits per heavy atom. The SMILES string of the molecule is Cc1ccccc1S(=O)(=O)Nc1ccc2c(c1)N(S(C)(=O)=O)CC2. The van der Waals surface area contributed by atoms with E-state index in [1.165, 1.54) is 10.4 Å². The molecule has 0 spiro atoms. The molecular weight excluding hydrogens is 348 g/mol. The van der Waals surface area contributed by atoms with Crippen LogP contribution in [0.5, 0.6) is 0 Å². The summed E-state index contributed by atoms with van der Waals surface area (Å²) in [6.07, 6.45) is 1.76. The second-order valence-corrected chi connectivity index (χ2v) is 9.36. The quantitative estimate of drug-likeness (QED) is 0.898. The van der Waals surface area contributed by atoms with Gasteiger partial charge in [-0.15, -0.1) is 0 Å². The van der Waals surface area contributed by atoms with Crippen molar-refractivity contribution in [2.24, 2.45) is 0 Å². The van der Waals surface area contributed by atoms with Crippen LogP contribution >= 0.6 is 0 Å². The zero-order valence-electron chi connectivity index (χ0n) is 13.4. The van der Waals surface area contributed by atoms with Gasteiger partial charge in [0.1, 0.15) is 0 Å². The Bertz CT molecular complexity index is 998. The van der Waals surface area contributed by atoms with Crippen molar-refractivity contribution in [3.63, 3.8) is 0 Å². The van der Waals surface area contributed by atoms with Crippen LogP contribution in [0.1, 0.15) is 11.1 Å². The average Bonchev–Trinajstić information content (AvgIpc) is 2.90. The van der Waals surface area contributed by atoms with E-state index in [2.05, 4.69) is 4.72 Å². The van der Waals surface area contributed by atoms with Crippen LogP contribution in [0.2, 0.25) is 0 Å². The summed E-state index contributed by atoms with van der Waals surface area (Å²) in [5, 5.41) is 0. The van der Waals surface area contributed by atoms with Crippen molar-refractivity contribution < 1.29 is 16.8 Å². The third-order valence-corrected chi connectivity index (χ3v) is 6.70. The minimum Gasteiger partial charge on any atom is -0.280 e. The summed E-state index contributed by atoms with van der Waals surface area (Å²) in [5.41, 5.74) is 2.40. The summed E-state index contributed by atoms with van der Waals surface area (Å²) in [6, 6.07) is 11.7. The van der Waals surface area contributed by atoms with E-state index >= 15 is 0 Å². The molecule has 0 atom stereocenters. The van der Waals surface area contributed by atoms with E-state index in [0.717, 1.165) is 11.8 Å². The average molecular weight is 366 g/mol. The van der Waals surface area contributed by atoms with Gasteiger partial charge in [-0.3, -0.25) is 9.03 Å². The zero-order chi connectivity index (χ0) is 17.5. The van der Waals surface area contributed by atoms with Gasteiger partial charge >= 0.3 is 0 Å². The van der Waals surface area contributed by atoms with Gasteiger partial charge in [-0.25, -0.2) is 16.8 Å². The fraction of sp³-hybridized carbons (Fsp3) is 0.250. The van der Waals surface area contributed by atoms with Crippen LogP contribution in [0.25, 0.3) is 0 Å². The van der Waals surface area contributed by atoms with Gasteiger partial charge in [-0.1, -0.05) is 24.3 Å². The number of fused-ring (bicyclic) bond motifs is 1. The summed E-state index contributed by atoms with van der Waals surface area (Å²) in [7, 11) is -7.11. The molecule has 0 saturated heterocycles. The maximum absolute atomic E-state index is 12.6. The highest BCUT2D eigenvalue weighted by Crippen LogP contribution is 2.33. The van der Waals surface area contributed by atoms with Crippen molar-refractivity contribution in [1.29, 1.82) is 0 Å². The normalized spacial score (nSPS) is 14.5. The first-order valence-corrected chi connectivity index (χ1v) is 10.7. The van der Waals surface area contributed by atoms with Gasteiger partial charge in [0, 0.05) is 6.54 Å². The molecule has 1 heterocycles. The van der Waals surface area contributed by atoms with E-state index in [0.29, 0.717) is 29.9 Å². The van der Waals surface area contributed by atoms with E-state index in [1.54, 1.807) is 43.3 Å². The van der Waals surface area contributed by atoms with Crippen LogP contribution in [0.15, 0.2) is 47.4 Å². The van der Waals surface area contributed by atoms with E-state index in [9.17, 15) is 16.8 Å². The molecule has 3 rings (SSSR count). The molecule has 0 aliphatic carbocycles.